The van der Waals surface area contributed by atoms with Crippen LogP contribution in [0.25, 0.3) is 0 Å². The Labute approximate surface area is 127 Å². The van der Waals surface area contributed by atoms with E-state index >= 15 is 0 Å². The highest BCUT2D eigenvalue weighted by Crippen LogP contribution is 2.21. The van der Waals surface area contributed by atoms with Crippen LogP contribution in [0.4, 0.5) is 0 Å². The van der Waals surface area contributed by atoms with Crippen LogP contribution >= 0.6 is 0 Å². The Morgan fingerprint density at radius 1 is 1.05 bits per heavy atom. The van der Waals surface area contributed by atoms with Gasteiger partial charge in [-0.3, -0.25) is 14.5 Å². The first-order valence-electron chi connectivity index (χ1n) is 8.29. The Morgan fingerprint density at radius 2 is 1.81 bits per heavy atom. The van der Waals surface area contributed by atoms with Gasteiger partial charge in [0.1, 0.15) is 0 Å². The lowest BCUT2D eigenvalue weighted by atomic mass is 10.0. The van der Waals surface area contributed by atoms with Gasteiger partial charge in [-0.2, -0.15) is 0 Å². The second kappa shape index (κ2) is 8.37. The van der Waals surface area contributed by atoms with Gasteiger partial charge >= 0.3 is 5.97 Å². The molecule has 5 nitrogen and oxygen atoms in total. The molecule has 21 heavy (non-hydrogen) atoms. The molecule has 0 aromatic heterocycles. The van der Waals surface area contributed by atoms with Gasteiger partial charge < -0.3 is 9.64 Å². The lowest BCUT2D eigenvalue weighted by Gasteiger charge is -2.41. The zero-order valence-electron chi connectivity index (χ0n) is 13.2. The molecule has 2 aliphatic heterocycles. The number of carbonyl (C=O) groups excluding carboxylic acids is 2. The van der Waals surface area contributed by atoms with Crippen LogP contribution in [0.2, 0.25) is 0 Å². The van der Waals surface area contributed by atoms with Gasteiger partial charge in [-0.25, -0.2) is 0 Å². The van der Waals surface area contributed by atoms with Gasteiger partial charge in [-0.05, 0) is 45.2 Å². The molecule has 1 unspecified atom stereocenters. The minimum atomic E-state index is -0.229. The Hall–Kier alpha value is -1.10. The Kier molecular flexibility index (Phi) is 6.49. The number of piperidine rings is 2. The Bertz CT molecular complexity index is 353. The van der Waals surface area contributed by atoms with Gasteiger partial charge in [0.2, 0.25) is 5.91 Å². The molecule has 0 spiro atoms. The van der Waals surface area contributed by atoms with Crippen LogP contribution in [0.1, 0.15) is 51.4 Å². The molecule has 2 saturated heterocycles. The summed E-state index contributed by atoms with van der Waals surface area (Å²) in [5, 5.41) is 0. The normalized spacial score (nSPS) is 23.9. The fourth-order valence-electron chi connectivity index (χ4n) is 3.41. The molecule has 2 fully saturated rings. The third-order valence-electron chi connectivity index (χ3n) is 4.66. The van der Waals surface area contributed by atoms with E-state index in [1.54, 1.807) is 0 Å². The van der Waals surface area contributed by atoms with Crippen molar-refractivity contribution in [1.29, 1.82) is 0 Å². The highest BCUT2D eigenvalue weighted by Gasteiger charge is 2.28. The van der Waals surface area contributed by atoms with Crippen molar-refractivity contribution in [3.8, 4) is 0 Å². The molecule has 2 aliphatic rings. The van der Waals surface area contributed by atoms with Crippen molar-refractivity contribution in [3.63, 3.8) is 0 Å². The minimum Gasteiger partial charge on any atom is -0.469 e. The fourth-order valence-corrected chi connectivity index (χ4v) is 3.41. The molecule has 120 valence electrons. The van der Waals surface area contributed by atoms with Crippen LogP contribution in [0, 0.1) is 0 Å². The Morgan fingerprint density at radius 3 is 2.52 bits per heavy atom. The van der Waals surface area contributed by atoms with Gasteiger partial charge in [0, 0.05) is 32.0 Å². The second-order valence-electron chi connectivity index (χ2n) is 6.16. The van der Waals surface area contributed by atoms with Crippen LogP contribution in [0.3, 0.4) is 0 Å². The van der Waals surface area contributed by atoms with Gasteiger partial charge in [-0.15, -0.1) is 0 Å². The van der Waals surface area contributed by atoms with Gasteiger partial charge in [0.15, 0.2) is 0 Å². The number of hydrogen-bond acceptors (Lipinski definition) is 4. The van der Waals surface area contributed by atoms with E-state index in [4.69, 9.17) is 0 Å². The lowest BCUT2D eigenvalue weighted by molar-refractivity contribution is -0.141. The molecule has 0 aliphatic carbocycles. The zero-order valence-corrected chi connectivity index (χ0v) is 13.2. The highest BCUT2D eigenvalue weighted by molar-refractivity contribution is 5.77. The number of carbonyl (C=O) groups is 2. The summed E-state index contributed by atoms with van der Waals surface area (Å²) < 4.78 is 4.60. The molecule has 2 rings (SSSR count). The number of ether oxygens (including phenoxy) is 1. The third kappa shape index (κ3) is 4.99. The monoisotopic (exact) mass is 296 g/mol. The van der Waals surface area contributed by atoms with Crippen molar-refractivity contribution in [1.82, 2.24) is 9.80 Å². The summed E-state index contributed by atoms with van der Waals surface area (Å²) >= 11 is 0. The number of likely N-dealkylation sites (tertiary alicyclic amines) is 2. The van der Waals surface area contributed by atoms with Crippen molar-refractivity contribution in [2.24, 2.45) is 0 Å². The molecule has 2 heterocycles. The van der Waals surface area contributed by atoms with Gasteiger partial charge in [0.05, 0.1) is 7.11 Å². The molecule has 5 heteroatoms. The van der Waals surface area contributed by atoms with Gasteiger partial charge in [-0.1, -0.05) is 6.42 Å². The lowest BCUT2D eigenvalue weighted by Crippen LogP contribution is -2.51. The van der Waals surface area contributed by atoms with Crippen LogP contribution in [0.5, 0.6) is 0 Å². The number of hydrogen-bond donors (Lipinski definition) is 0. The summed E-state index contributed by atoms with van der Waals surface area (Å²) in [5.41, 5.74) is 0. The molecular formula is C16H28N2O3. The summed E-state index contributed by atoms with van der Waals surface area (Å²) in [6, 6.07) is 0.545. The quantitative estimate of drug-likeness (QED) is 0.726. The maximum absolute atomic E-state index is 12.3. The van der Waals surface area contributed by atoms with Crippen molar-refractivity contribution < 1.29 is 14.3 Å². The molecule has 0 aromatic carbocycles. The van der Waals surface area contributed by atoms with Crippen molar-refractivity contribution >= 4 is 11.9 Å². The zero-order chi connectivity index (χ0) is 15.1. The van der Waals surface area contributed by atoms with E-state index in [2.05, 4.69) is 9.64 Å². The van der Waals surface area contributed by atoms with E-state index in [1.165, 1.54) is 45.9 Å². The summed E-state index contributed by atoms with van der Waals surface area (Å²) in [6.07, 6.45) is 7.65. The highest BCUT2D eigenvalue weighted by atomic mass is 16.5. The van der Waals surface area contributed by atoms with Crippen molar-refractivity contribution in [3.05, 3.63) is 0 Å². The van der Waals surface area contributed by atoms with E-state index in [1.807, 2.05) is 4.90 Å². The van der Waals surface area contributed by atoms with Gasteiger partial charge in [0.25, 0.3) is 0 Å². The number of rotatable bonds is 5. The third-order valence-corrected chi connectivity index (χ3v) is 4.66. The van der Waals surface area contributed by atoms with E-state index < -0.39 is 0 Å². The average Bonchev–Trinajstić information content (AvgIpc) is 2.55. The standard InChI is InChI=1S/C16H28N2O3/c1-21-16(20)9-5-8-15(19)18-12-6-7-14(13-18)17-10-3-2-4-11-17/h14H,2-13H2,1H3. The summed E-state index contributed by atoms with van der Waals surface area (Å²) in [5.74, 6) is -0.0340. The van der Waals surface area contributed by atoms with Crippen molar-refractivity contribution in [2.75, 3.05) is 33.3 Å². The molecule has 0 bridgehead atoms. The molecule has 1 amide bonds. The average molecular weight is 296 g/mol. The number of amides is 1. The maximum atomic E-state index is 12.3. The van der Waals surface area contributed by atoms with E-state index in [-0.39, 0.29) is 11.9 Å². The van der Waals surface area contributed by atoms with Crippen LogP contribution < -0.4 is 0 Å². The number of esters is 1. The smallest absolute Gasteiger partial charge is 0.305 e. The second-order valence-corrected chi connectivity index (χ2v) is 6.16. The molecule has 0 radical (unpaired) electrons. The molecule has 0 aromatic rings. The predicted octanol–water partition coefficient (Wildman–Crippen LogP) is 1.81. The summed E-state index contributed by atoms with van der Waals surface area (Å²) in [7, 11) is 1.39. The topological polar surface area (TPSA) is 49.9 Å². The first-order valence-corrected chi connectivity index (χ1v) is 8.29. The summed E-state index contributed by atoms with van der Waals surface area (Å²) in [6.45, 7) is 4.13. The Balaban J connectivity index is 1.74. The molecule has 0 saturated carbocycles. The summed E-state index contributed by atoms with van der Waals surface area (Å²) in [4.78, 5) is 27.9. The first kappa shape index (κ1) is 16.3. The van der Waals surface area contributed by atoms with E-state index in [0.29, 0.717) is 25.3 Å². The fraction of sp³-hybridized carbons (Fsp3) is 0.875. The van der Waals surface area contributed by atoms with E-state index in [0.717, 1.165) is 19.5 Å². The van der Waals surface area contributed by atoms with Crippen LogP contribution in [-0.2, 0) is 14.3 Å². The van der Waals surface area contributed by atoms with Crippen molar-refractivity contribution in [2.45, 2.75) is 57.4 Å². The first-order chi connectivity index (χ1) is 10.2. The SMILES string of the molecule is COC(=O)CCCC(=O)N1CCCC(N2CCCCC2)C1. The minimum absolute atomic E-state index is 0.195. The number of methoxy groups -OCH3 is 1. The van der Waals surface area contributed by atoms with Crippen LogP contribution in [0.15, 0.2) is 0 Å². The largest absolute Gasteiger partial charge is 0.469 e. The number of nitrogens with zero attached hydrogens (tertiary/aromatic N) is 2. The van der Waals surface area contributed by atoms with E-state index in [9.17, 15) is 9.59 Å². The molecule has 1 atom stereocenters. The molecular weight excluding hydrogens is 268 g/mol. The maximum Gasteiger partial charge on any atom is 0.305 e. The van der Waals surface area contributed by atoms with Crippen LogP contribution in [-0.4, -0.2) is 61.0 Å². The predicted molar refractivity (Wildman–Crippen MR) is 80.9 cm³/mol. The molecule has 0 N–H and O–H groups in total.